The Morgan fingerprint density at radius 2 is 1.09 bits per heavy atom. The molecule has 0 aliphatic heterocycles. The van der Waals surface area contributed by atoms with Gasteiger partial charge in [-0.05, 0) is 39.3 Å². The molecule has 1 heterocycles. The van der Waals surface area contributed by atoms with E-state index in [1.165, 1.54) is 75.3 Å². The molecule has 34 heavy (non-hydrogen) atoms. The summed E-state index contributed by atoms with van der Waals surface area (Å²) in [6.07, 6.45) is 0. The molecule has 6 heteroatoms. The summed E-state index contributed by atoms with van der Waals surface area (Å²) in [5.41, 5.74) is 14.0. The zero-order valence-corrected chi connectivity index (χ0v) is 22.5. The number of hydrogen-bond donors (Lipinski definition) is 0. The van der Waals surface area contributed by atoms with Gasteiger partial charge in [0.05, 0.1) is 0 Å². The summed E-state index contributed by atoms with van der Waals surface area (Å²) >= 11 is 1.92. The fourth-order valence-electron chi connectivity index (χ4n) is 5.66. The van der Waals surface area contributed by atoms with Crippen molar-refractivity contribution < 1.29 is 0 Å². The van der Waals surface area contributed by atoms with Crippen molar-refractivity contribution in [2.45, 2.75) is 26.2 Å². The Labute approximate surface area is 212 Å². The van der Waals surface area contributed by atoms with Crippen LogP contribution in [0.2, 0.25) is 0 Å². The molecule has 0 unspecified atom stereocenters. The maximum absolute atomic E-state index is 2.36. The van der Waals surface area contributed by atoms with E-state index < -0.39 is 0 Å². The second-order valence-electron chi connectivity index (χ2n) is 10.8. The molecule has 0 bridgehead atoms. The first-order valence-corrected chi connectivity index (χ1v) is 13.0. The summed E-state index contributed by atoms with van der Waals surface area (Å²) in [5.74, 6) is 0. The molecule has 0 aliphatic rings. The maximum Gasteiger partial charge on any atom is 0.139 e. The summed E-state index contributed by atoms with van der Waals surface area (Å²) in [5, 5.41) is 2.71. The molecule has 5 aromatic rings. The van der Waals surface area contributed by atoms with Gasteiger partial charge in [-0.25, -0.2) is 0 Å². The molecule has 5 rings (SSSR count). The number of fused-ring (bicyclic) bond motifs is 3. The van der Waals surface area contributed by atoms with Crippen LogP contribution < -0.4 is 27.3 Å². The molecule has 0 atom stereocenters. The monoisotopic (exact) mass is 452 g/mol. The summed E-state index contributed by atoms with van der Waals surface area (Å²) in [4.78, 5) is 0. The van der Waals surface area contributed by atoms with Crippen LogP contribution in [0.15, 0.2) is 60.7 Å². The van der Waals surface area contributed by atoms with E-state index in [1.54, 1.807) is 0 Å². The van der Waals surface area contributed by atoms with E-state index in [0.29, 0.717) is 0 Å². The lowest BCUT2D eigenvalue weighted by Crippen LogP contribution is -2.55. The lowest BCUT2D eigenvalue weighted by atomic mass is 9.59. The third-order valence-electron chi connectivity index (χ3n) is 7.78. The highest BCUT2D eigenvalue weighted by Gasteiger charge is 2.26. The van der Waals surface area contributed by atoms with Gasteiger partial charge >= 0.3 is 0 Å². The summed E-state index contributed by atoms with van der Waals surface area (Å²) in [6, 6.07) is 22.6. The number of rotatable bonds is 2. The molecule has 0 nitrogen and oxygen atoms in total. The standard InChI is InChI=1S/C28H29B5S/c1-28(2,3)21-15(17-11-7-10-16-14-8-4-5-13-19(14)34-27(16)17)9-6-12-18(21)20-22(29)24(31)26(33)25(32)23(20)30/h4-13H,29-33H2,1-3H3. The van der Waals surface area contributed by atoms with E-state index in [2.05, 4.69) is 121 Å². The second-order valence-corrected chi connectivity index (χ2v) is 11.8. The fraction of sp³-hybridized carbons (Fsp3) is 0.143. The first-order valence-electron chi connectivity index (χ1n) is 12.2. The van der Waals surface area contributed by atoms with Gasteiger partial charge in [-0.15, -0.1) is 27.7 Å². The second kappa shape index (κ2) is 8.27. The van der Waals surface area contributed by atoms with Crippen LogP contribution in [0.5, 0.6) is 0 Å². The van der Waals surface area contributed by atoms with Gasteiger partial charge in [-0.3, -0.25) is 0 Å². The minimum absolute atomic E-state index is 0.00362. The van der Waals surface area contributed by atoms with Crippen molar-refractivity contribution in [3.05, 3.63) is 66.2 Å². The first-order chi connectivity index (χ1) is 16.1. The molecule has 0 saturated carbocycles. The summed E-state index contributed by atoms with van der Waals surface area (Å²) in [6.45, 7) is 7.08. The molecule has 0 fully saturated rings. The Morgan fingerprint density at radius 3 is 1.76 bits per heavy atom. The van der Waals surface area contributed by atoms with Gasteiger partial charge < -0.3 is 0 Å². The van der Waals surface area contributed by atoms with Gasteiger partial charge in [0.1, 0.15) is 39.2 Å². The molecule has 0 spiro atoms. The lowest BCUT2D eigenvalue weighted by Gasteiger charge is -2.30. The van der Waals surface area contributed by atoms with Crippen molar-refractivity contribution in [1.82, 2.24) is 0 Å². The summed E-state index contributed by atoms with van der Waals surface area (Å²) in [7, 11) is 11.4. The van der Waals surface area contributed by atoms with Crippen molar-refractivity contribution in [2.24, 2.45) is 0 Å². The van der Waals surface area contributed by atoms with E-state index in [1.807, 2.05) is 11.3 Å². The van der Waals surface area contributed by atoms with Gasteiger partial charge in [-0.2, -0.15) is 0 Å². The lowest BCUT2D eigenvalue weighted by molar-refractivity contribution is 0.594. The maximum atomic E-state index is 2.36. The van der Waals surface area contributed by atoms with E-state index in [9.17, 15) is 0 Å². The molecule has 1 aromatic heterocycles. The zero-order valence-electron chi connectivity index (χ0n) is 21.7. The highest BCUT2D eigenvalue weighted by Crippen LogP contribution is 2.44. The Kier molecular flexibility index (Phi) is 5.64. The van der Waals surface area contributed by atoms with E-state index in [-0.39, 0.29) is 5.41 Å². The molecular formula is C28H29B5S. The molecular weight excluding hydrogens is 422 g/mol. The van der Waals surface area contributed by atoms with Crippen LogP contribution in [0.1, 0.15) is 26.3 Å². The van der Waals surface area contributed by atoms with E-state index in [4.69, 9.17) is 0 Å². The van der Waals surface area contributed by atoms with Crippen molar-refractivity contribution in [1.29, 1.82) is 0 Å². The predicted octanol–water partition coefficient (Wildman–Crippen LogP) is -0.0220. The predicted molar refractivity (Wildman–Crippen MR) is 170 cm³/mol. The quantitative estimate of drug-likeness (QED) is 0.331. The van der Waals surface area contributed by atoms with Gasteiger partial charge in [0.15, 0.2) is 0 Å². The van der Waals surface area contributed by atoms with Crippen molar-refractivity contribution in [3.8, 4) is 22.3 Å². The van der Waals surface area contributed by atoms with Gasteiger partial charge in [0.2, 0.25) is 0 Å². The summed E-state index contributed by atoms with van der Waals surface area (Å²) < 4.78 is 2.74. The van der Waals surface area contributed by atoms with E-state index >= 15 is 0 Å². The Bertz CT molecular complexity index is 1560. The average Bonchev–Trinajstić information content (AvgIpc) is 3.20. The zero-order chi connectivity index (χ0) is 24.4. The molecule has 4 aromatic carbocycles. The normalized spacial score (nSPS) is 12.0. The number of benzene rings is 4. The molecule has 162 valence electrons. The van der Waals surface area contributed by atoms with Crippen molar-refractivity contribution >= 4 is 98.1 Å². The van der Waals surface area contributed by atoms with Crippen LogP contribution in [0.3, 0.4) is 0 Å². The van der Waals surface area contributed by atoms with Crippen LogP contribution in [0.25, 0.3) is 42.4 Å². The van der Waals surface area contributed by atoms with Crippen LogP contribution in [-0.4, -0.2) is 39.2 Å². The minimum atomic E-state index is -0.00362. The van der Waals surface area contributed by atoms with Crippen LogP contribution in [0.4, 0.5) is 0 Å². The molecule has 0 saturated heterocycles. The largest absolute Gasteiger partial charge is 0.139 e. The topological polar surface area (TPSA) is 0 Å². The third kappa shape index (κ3) is 3.50. The van der Waals surface area contributed by atoms with Gasteiger partial charge in [-0.1, -0.05) is 86.3 Å². The van der Waals surface area contributed by atoms with Crippen LogP contribution >= 0.6 is 11.3 Å². The average molecular weight is 452 g/mol. The van der Waals surface area contributed by atoms with Crippen LogP contribution in [-0.2, 0) is 5.41 Å². The van der Waals surface area contributed by atoms with E-state index in [0.717, 1.165) is 0 Å². The highest BCUT2D eigenvalue weighted by atomic mass is 32.1. The SMILES string of the molecule is Bc1c(B)c(B)c(-c2cccc(-c3cccc4c3sc3ccccc34)c2C(C)(C)C)c(B)c1B. The molecule has 0 N–H and O–H groups in total. The molecule has 0 aliphatic carbocycles. The smallest absolute Gasteiger partial charge is 0.135 e. The van der Waals surface area contributed by atoms with Gasteiger partial charge in [0.25, 0.3) is 0 Å². The Hall–Kier alpha value is -2.58. The molecule has 0 radical (unpaired) electrons. The highest BCUT2D eigenvalue weighted by molar-refractivity contribution is 7.26. The van der Waals surface area contributed by atoms with Crippen LogP contribution in [0, 0.1) is 0 Å². The number of hydrogen-bond acceptors (Lipinski definition) is 1. The minimum Gasteiger partial charge on any atom is -0.135 e. The fourth-order valence-corrected chi connectivity index (χ4v) is 6.89. The van der Waals surface area contributed by atoms with Crippen molar-refractivity contribution in [2.75, 3.05) is 0 Å². The Balaban J connectivity index is 1.90. The number of thiophene rings is 1. The van der Waals surface area contributed by atoms with Gasteiger partial charge in [0, 0.05) is 20.2 Å². The molecule has 0 amide bonds. The third-order valence-corrected chi connectivity index (χ3v) is 9.00. The Morgan fingerprint density at radius 1 is 0.559 bits per heavy atom. The first kappa shape index (κ1) is 23.2. The van der Waals surface area contributed by atoms with Crippen molar-refractivity contribution in [3.63, 3.8) is 0 Å².